The Bertz CT molecular complexity index is 624. The number of carboxylic acids is 2. The number of primary amides is 1. The molecule has 0 rings (SSSR count). The van der Waals surface area contributed by atoms with Gasteiger partial charge >= 0.3 is 11.9 Å². The van der Waals surface area contributed by atoms with Crippen molar-refractivity contribution in [3.8, 4) is 0 Å². The lowest BCUT2D eigenvalue weighted by atomic mass is 10.1. The fourth-order valence-electron chi connectivity index (χ4n) is 1.82. The summed E-state index contributed by atoms with van der Waals surface area (Å²) in [6.07, 6.45) is -1.19. The number of carboxylic acid groups (broad SMARTS) is 2. The lowest BCUT2D eigenvalue weighted by Gasteiger charge is -2.19. The van der Waals surface area contributed by atoms with Gasteiger partial charge in [-0.3, -0.25) is 24.0 Å². The molecule has 14 nitrogen and oxygen atoms in total. The Balaban J connectivity index is 4.59. The molecule has 3 unspecified atom stereocenters. The van der Waals surface area contributed by atoms with Gasteiger partial charge in [0.1, 0.15) is 12.1 Å². The summed E-state index contributed by atoms with van der Waals surface area (Å²) in [5.74, 6) is -6.47. The van der Waals surface area contributed by atoms with Crippen molar-refractivity contribution in [2.45, 2.75) is 37.4 Å². The molecule has 0 spiro atoms. The first-order valence-corrected chi connectivity index (χ1v) is 7.94. The Hall–Kier alpha value is -3.26. The van der Waals surface area contributed by atoms with Gasteiger partial charge in [0.25, 0.3) is 0 Å². The van der Waals surface area contributed by atoms with Crippen LogP contribution in [0, 0.1) is 0 Å². The van der Waals surface area contributed by atoms with E-state index >= 15 is 0 Å². The SMILES string of the molecule is NC(=O)CC(NC(=O)C(CO)NC(=O)CNC(=O)C(N)CCC(=O)O)C(=O)O. The molecule has 28 heavy (non-hydrogen) atoms. The molecular weight excluding hydrogens is 382 g/mol. The van der Waals surface area contributed by atoms with E-state index in [9.17, 15) is 33.9 Å². The second kappa shape index (κ2) is 12.2. The number of rotatable bonds is 13. The summed E-state index contributed by atoms with van der Waals surface area (Å²) in [4.78, 5) is 67.5. The fraction of sp³-hybridized carbons (Fsp3) is 0.571. The fourth-order valence-corrected chi connectivity index (χ4v) is 1.82. The topological polar surface area (TPSA) is 251 Å². The Morgan fingerprint density at radius 2 is 1.54 bits per heavy atom. The Labute approximate surface area is 158 Å². The minimum absolute atomic E-state index is 0.152. The van der Waals surface area contributed by atoms with Crippen molar-refractivity contribution in [2.75, 3.05) is 13.2 Å². The van der Waals surface area contributed by atoms with Gasteiger partial charge in [0, 0.05) is 6.42 Å². The Morgan fingerprint density at radius 3 is 2.00 bits per heavy atom. The smallest absolute Gasteiger partial charge is 0.326 e. The monoisotopic (exact) mass is 405 g/mol. The van der Waals surface area contributed by atoms with Gasteiger partial charge in [0.2, 0.25) is 23.6 Å². The van der Waals surface area contributed by atoms with E-state index in [-0.39, 0.29) is 12.8 Å². The number of carbonyl (C=O) groups excluding carboxylic acids is 4. The van der Waals surface area contributed by atoms with Crippen LogP contribution in [0.4, 0.5) is 0 Å². The maximum absolute atomic E-state index is 11.9. The molecule has 0 fully saturated rings. The van der Waals surface area contributed by atoms with Crippen LogP contribution in [0.1, 0.15) is 19.3 Å². The van der Waals surface area contributed by atoms with Crippen LogP contribution in [0.25, 0.3) is 0 Å². The summed E-state index contributed by atoms with van der Waals surface area (Å²) in [6, 6.07) is -4.37. The zero-order valence-corrected chi connectivity index (χ0v) is 14.7. The highest BCUT2D eigenvalue weighted by Gasteiger charge is 2.27. The van der Waals surface area contributed by atoms with Crippen LogP contribution in [0.15, 0.2) is 0 Å². The van der Waals surface area contributed by atoms with Crippen molar-refractivity contribution in [3.63, 3.8) is 0 Å². The second-order valence-electron chi connectivity index (χ2n) is 5.63. The summed E-state index contributed by atoms with van der Waals surface area (Å²) in [5, 5.41) is 32.7. The van der Waals surface area contributed by atoms with Crippen LogP contribution in [0.5, 0.6) is 0 Å². The molecular formula is C14H23N5O9. The van der Waals surface area contributed by atoms with E-state index in [2.05, 4.69) is 5.32 Å². The number of hydrogen-bond donors (Lipinski definition) is 8. The maximum atomic E-state index is 11.9. The van der Waals surface area contributed by atoms with Crippen LogP contribution in [-0.2, 0) is 28.8 Å². The summed E-state index contributed by atoms with van der Waals surface area (Å²) < 4.78 is 0. The first kappa shape index (κ1) is 24.7. The third kappa shape index (κ3) is 10.0. The van der Waals surface area contributed by atoms with E-state index in [1.54, 1.807) is 0 Å². The third-order valence-corrected chi connectivity index (χ3v) is 3.28. The molecule has 0 radical (unpaired) electrons. The first-order valence-electron chi connectivity index (χ1n) is 7.94. The molecule has 0 aliphatic carbocycles. The van der Waals surface area contributed by atoms with E-state index in [0.717, 1.165) is 0 Å². The van der Waals surface area contributed by atoms with Crippen molar-refractivity contribution in [3.05, 3.63) is 0 Å². The maximum Gasteiger partial charge on any atom is 0.326 e. The van der Waals surface area contributed by atoms with Gasteiger partial charge in [-0.15, -0.1) is 0 Å². The molecule has 0 aromatic rings. The molecule has 0 aliphatic rings. The zero-order chi connectivity index (χ0) is 21.9. The molecule has 158 valence electrons. The number of aliphatic carboxylic acids is 2. The van der Waals surface area contributed by atoms with E-state index in [1.165, 1.54) is 0 Å². The van der Waals surface area contributed by atoms with Crippen molar-refractivity contribution >= 4 is 35.6 Å². The van der Waals surface area contributed by atoms with Crippen molar-refractivity contribution in [2.24, 2.45) is 11.5 Å². The number of nitrogens with one attached hydrogen (secondary N) is 3. The lowest BCUT2D eigenvalue weighted by molar-refractivity contribution is -0.144. The van der Waals surface area contributed by atoms with E-state index in [1.807, 2.05) is 10.6 Å². The van der Waals surface area contributed by atoms with Crippen LogP contribution >= 0.6 is 0 Å². The highest BCUT2D eigenvalue weighted by molar-refractivity contribution is 5.93. The van der Waals surface area contributed by atoms with Crippen molar-refractivity contribution < 1.29 is 44.1 Å². The number of nitrogens with two attached hydrogens (primary N) is 2. The number of amides is 4. The second-order valence-corrected chi connectivity index (χ2v) is 5.63. The zero-order valence-electron chi connectivity index (χ0n) is 14.7. The van der Waals surface area contributed by atoms with Gasteiger partial charge < -0.3 is 42.7 Å². The quantitative estimate of drug-likeness (QED) is 0.145. The van der Waals surface area contributed by atoms with Gasteiger partial charge in [-0.05, 0) is 6.42 Å². The summed E-state index contributed by atoms with van der Waals surface area (Å²) >= 11 is 0. The molecule has 14 heteroatoms. The first-order chi connectivity index (χ1) is 13.0. The third-order valence-electron chi connectivity index (χ3n) is 3.28. The van der Waals surface area contributed by atoms with Crippen LogP contribution in [0.3, 0.4) is 0 Å². The molecule has 0 bridgehead atoms. The Morgan fingerprint density at radius 1 is 0.929 bits per heavy atom. The number of carbonyl (C=O) groups is 6. The average molecular weight is 405 g/mol. The molecule has 0 saturated heterocycles. The molecule has 3 atom stereocenters. The number of aliphatic hydroxyl groups is 1. The minimum atomic E-state index is -1.65. The molecule has 0 aromatic heterocycles. The van der Waals surface area contributed by atoms with Gasteiger partial charge in [-0.1, -0.05) is 0 Å². The minimum Gasteiger partial charge on any atom is -0.481 e. The lowest BCUT2D eigenvalue weighted by Crippen LogP contribution is -2.55. The predicted molar refractivity (Wildman–Crippen MR) is 90.2 cm³/mol. The molecule has 4 amide bonds. The standard InChI is InChI=1S/C14H23N5O9/c15-6(1-2-11(23)24)12(25)17-4-10(22)18-8(5-20)13(26)19-7(14(27)28)3-9(16)21/h6-8,20H,1-5,15H2,(H2,16,21)(H,17,25)(H,18,22)(H,19,26)(H,23,24)(H,27,28). The molecule has 0 heterocycles. The van der Waals surface area contributed by atoms with Crippen molar-refractivity contribution in [1.29, 1.82) is 0 Å². The van der Waals surface area contributed by atoms with E-state index in [4.69, 9.17) is 21.7 Å². The van der Waals surface area contributed by atoms with Crippen LogP contribution in [-0.4, -0.2) is 82.2 Å². The predicted octanol–water partition coefficient (Wildman–Crippen LogP) is -4.78. The van der Waals surface area contributed by atoms with Gasteiger partial charge in [0.15, 0.2) is 0 Å². The van der Waals surface area contributed by atoms with Gasteiger partial charge in [-0.25, -0.2) is 4.79 Å². The molecule has 0 aliphatic heterocycles. The summed E-state index contributed by atoms with van der Waals surface area (Å²) in [7, 11) is 0. The van der Waals surface area contributed by atoms with Gasteiger partial charge in [0.05, 0.1) is 25.6 Å². The van der Waals surface area contributed by atoms with Gasteiger partial charge in [-0.2, -0.15) is 0 Å². The molecule has 10 N–H and O–H groups in total. The largest absolute Gasteiger partial charge is 0.481 e. The Kier molecular flexibility index (Phi) is 10.8. The van der Waals surface area contributed by atoms with Crippen LogP contribution in [0.2, 0.25) is 0 Å². The highest BCUT2D eigenvalue weighted by Crippen LogP contribution is 1.96. The van der Waals surface area contributed by atoms with E-state index < -0.39 is 73.3 Å². The number of aliphatic hydroxyl groups excluding tert-OH is 1. The van der Waals surface area contributed by atoms with E-state index in [0.29, 0.717) is 0 Å². The molecule has 0 saturated carbocycles. The van der Waals surface area contributed by atoms with Crippen LogP contribution < -0.4 is 27.4 Å². The summed E-state index contributed by atoms with van der Waals surface area (Å²) in [5.41, 5.74) is 10.3. The number of hydrogen-bond acceptors (Lipinski definition) is 8. The van der Waals surface area contributed by atoms with Crippen molar-refractivity contribution in [1.82, 2.24) is 16.0 Å². The highest BCUT2D eigenvalue weighted by atomic mass is 16.4. The summed E-state index contributed by atoms with van der Waals surface area (Å²) in [6.45, 7) is -1.53. The molecule has 0 aromatic carbocycles. The normalized spacial score (nSPS) is 13.5. The average Bonchev–Trinajstić information content (AvgIpc) is 2.60.